The van der Waals surface area contributed by atoms with Crippen molar-refractivity contribution >= 4 is 17.2 Å². The van der Waals surface area contributed by atoms with Crippen LogP contribution in [0.15, 0.2) is 11.4 Å². The Morgan fingerprint density at radius 1 is 1.61 bits per heavy atom. The average Bonchev–Trinajstić information content (AvgIpc) is 3.05. The lowest BCUT2D eigenvalue weighted by molar-refractivity contribution is -0.130. The van der Waals surface area contributed by atoms with E-state index < -0.39 is 0 Å². The van der Waals surface area contributed by atoms with E-state index in [0.29, 0.717) is 25.4 Å². The molecule has 4 heteroatoms. The van der Waals surface area contributed by atoms with Crippen LogP contribution in [0.3, 0.4) is 0 Å². The van der Waals surface area contributed by atoms with Crippen LogP contribution in [0.1, 0.15) is 29.7 Å². The van der Waals surface area contributed by atoms with Gasteiger partial charge in [0.05, 0.1) is 11.4 Å². The van der Waals surface area contributed by atoms with Crippen LogP contribution in [0, 0.1) is 17.8 Å². The smallest absolute Gasteiger partial charge is 0.222 e. The van der Waals surface area contributed by atoms with Crippen molar-refractivity contribution < 1.29 is 4.79 Å². The van der Waals surface area contributed by atoms with Gasteiger partial charge in [-0.1, -0.05) is 11.8 Å². The van der Waals surface area contributed by atoms with Gasteiger partial charge in [0.2, 0.25) is 5.91 Å². The maximum absolute atomic E-state index is 11.9. The van der Waals surface area contributed by atoms with Crippen molar-refractivity contribution in [2.75, 3.05) is 13.6 Å². The summed E-state index contributed by atoms with van der Waals surface area (Å²) >= 11 is 1.60. The maximum Gasteiger partial charge on any atom is 0.222 e. The Labute approximate surface area is 112 Å². The lowest BCUT2D eigenvalue weighted by Crippen LogP contribution is -2.26. The predicted octanol–water partition coefficient (Wildman–Crippen LogP) is 1.82. The molecule has 96 valence electrons. The molecule has 2 rings (SSSR count). The summed E-state index contributed by atoms with van der Waals surface area (Å²) < 4.78 is 0. The number of carbonyl (C=O) groups excluding carboxylic acids is 1. The van der Waals surface area contributed by atoms with Gasteiger partial charge in [-0.3, -0.25) is 4.79 Å². The second-order valence-corrected chi connectivity index (χ2v) is 5.63. The van der Waals surface area contributed by atoms with E-state index in [-0.39, 0.29) is 5.91 Å². The summed E-state index contributed by atoms with van der Waals surface area (Å²) in [6, 6.07) is 2.04. The first-order chi connectivity index (χ1) is 8.69. The zero-order chi connectivity index (χ0) is 13.0. The number of nitrogens with zero attached hydrogens (tertiary/aromatic N) is 1. The fraction of sp³-hybridized carbons (Fsp3) is 0.500. The third-order valence-corrected chi connectivity index (χ3v) is 3.87. The SMILES string of the molecule is CN(Cc1csc(C#CCN)c1)C(=O)CC1CC1. The van der Waals surface area contributed by atoms with Gasteiger partial charge in [-0.05, 0) is 35.8 Å². The summed E-state index contributed by atoms with van der Waals surface area (Å²) in [4.78, 5) is 14.7. The minimum Gasteiger partial charge on any atom is -0.341 e. The highest BCUT2D eigenvalue weighted by Crippen LogP contribution is 2.32. The van der Waals surface area contributed by atoms with Gasteiger partial charge < -0.3 is 10.6 Å². The molecule has 0 aliphatic heterocycles. The zero-order valence-electron chi connectivity index (χ0n) is 10.6. The molecule has 0 spiro atoms. The molecule has 18 heavy (non-hydrogen) atoms. The van der Waals surface area contributed by atoms with Gasteiger partial charge in [-0.2, -0.15) is 0 Å². The fourth-order valence-electron chi connectivity index (χ4n) is 1.75. The highest BCUT2D eigenvalue weighted by molar-refractivity contribution is 7.10. The molecule has 0 atom stereocenters. The van der Waals surface area contributed by atoms with Crippen molar-refractivity contribution in [1.82, 2.24) is 4.90 Å². The Kier molecular flexibility index (Phi) is 4.40. The molecule has 1 fully saturated rings. The number of hydrogen-bond acceptors (Lipinski definition) is 3. The summed E-state index contributed by atoms with van der Waals surface area (Å²) in [6.45, 7) is 1.05. The van der Waals surface area contributed by atoms with Gasteiger partial charge in [0.1, 0.15) is 0 Å². The fourth-order valence-corrected chi connectivity index (χ4v) is 2.52. The molecule has 3 nitrogen and oxygen atoms in total. The highest BCUT2D eigenvalue weighted by atomic mass is 32.1. The normalized spacial score (nSPS) is 13.9. The number of thiophene rings is 1. The van der Waals surface area contributed by atoms with E-state index in [4.69, 9.17) is 5.73 Å². The number of amides is 1. The van der Waals surface area contributed by atoms with Crippen molar-refractivity contribution in [1.29, 1.82) is 0 Å². The molecule has 1 saturated carbocycles. The minimum absolute atomic E-state index is 0.248. The number of nitrogens with two attached hydrogens (primary N) is 1. The first-order valence-corrected chi connectivity index (χ1v) is 7.07. The Balaban J connectivity index is 1.87. The van der Waals surface area contributed by atoms with Crippen LogP contribution in [0.4, 0.5) is 0 Å². The van der Waals surface area contributed by atoms with Crippen LogP contribution in [-0.4, -0.2) is 24.4 Å². The van der Waals surface area contributed by atoms with Crippen LogP contribution in [-0.2, 0) is 11.3 Å². The molecule has 0 aromatic carbocycles. The monoisotopic (exact) mass is 262 g/mol. The van der Waals surface area contributed by atoms with Gasteiger partial charge in [-0.15, -0.1) is 11.3 Å². The molecular formula is C14H18N2OS. The van der Waals surface area contributed by atoms with E-state index in [1.165, 1.54) is 12.8 Å². The molecule has 0 unspecified atom stereocenters. The quantitative estimate of drug-likeness (QED) is 0.841. The van der Waals surface area contributed by atoms with Crippen molar-refractivity contribution in [3.63, 3.8) is 0 Å². The first-order valence-electron chi connectivity index (χ1n) is 6.19. The maximum atomic E-state index is 11.9. The van der Waals surface area contributed by atoms with Gasteiger partial charge in [0.25, 0.3) is 0 Å². The lowest BCUT2D eigenvalue weighted by Gasteiger charge is -2.16. The second kappa shape index (κ2) is 6.03. The first kappa shape index (κ1) is 13.1. The molecule has 2 N–H and O–H groups in total. The van der Waals surface area contributed by atoms with E-state index in [1.54, 1.807) is 16.2 Å². The van der Waals surface area contributed by atoms with Crippen LogP contribution in [0.25, 0.3) is 0 Å². The second-order valence-electron chi connectivity index (χ2n) is 4.72. The molecule has 0 saturated heterocycles. The van der Waals surface area contributed by atoms with Gasteiger partial charge >= 0.3 is 0 Å². The van der Waals surface area contributed by atoms with Crippen LogP contribution >= 0.6 is 11.3 Å². The van der Waals surface area contributed by atoms with Crippen LogP contribution in [0.5, 0.6) is 0 Å². The Morgan fingerprint density at radius 2 is 2.39 bits per heavy atom. The summed E-state index contributed by atoms with van der Waals surface area (Å²) in [6.07, 6.45) is 3.15. The van der Waals surface area contributed by atoms with E-state index >= 15 is 0 Å². The number of hydrogen-bond donors (Lipinski definition) is 1. The summed E-state index contributed by atoms with van der Waals surface area (Å²) in [7, 11) is 1.87. The average molecular weight is 262 g/mol. The van der Waals surface area contributed by atoms with E-state index in [1.807, 2.05) is 13.1 Å². The Bertz CT molecular complexity index is 479. The number of rotatable bonds is 4. The summed E-state index contributed by atoms with van der Waals surface area (Å²) in [5.41, 5.74) is 6.48. The lowest BCUT2D eigenvalue weighted by atomic mass is 10.2. The Morgan fingerprint density at radius 3 is 3.06 bits per heavy atom. The summed E-state index contributed by atoms with van der Waals surface area (Å²) in [5.74, 6) is 6.74. The molecule has 1 aliphatic carbocycles. The van der Waals surface area contributed by atoms with Gasteiger partial charge in [0.15, 0.2) is 0 Å². The topological polar surface area (TPSA) is 46.3 Å². The third kappa shape index (κ3) is 3.86. The molecule has 1 aromatic rings. The van der Waals surface area contributed by atoms with E-state index in [9.17, 15) is 4.79 Å². The highest BCUT2D eigenvalue weighted by Gasteiger charge is 2.25. The van der Waals surface area contributed by atoms with E-state index in [2.05, 4.69) is 17.2 Å². The van der Waals surface area contributed by atoms with Crippen molar-refractivity contribution in [3.8, 4) is 11.8 Å². The van der Waals surface area contributed by atoms with Crippen LogP contribution < -0.4 is 5.73 Å². The standard InChI is InChI=1S/C14H18N2OS/c1-16(14(17)8-11-4-5-11)9-12-7-13(18-10-12)3-2-6-15/h7,10-11H,4-6,8-9,15H2,1H3. The number of carbonyl (C=O) groups is 1. The van der Waals surface area contributed by atoms with Crippen molar-refractivity contribution in [2.24, 2.45) is 11.7 Å². The third-order valence-electron chi connectivity index (χ3n) is 2.97. The molecule has 1 aromatic heterocycles. The summed E-state index contributed by atoms with van der Waals surface area (Å²) in [5, 5.41) is 2.06. The van der Waals surface area contributed by atoms with Gasteiger partial charge in [0, 0.05) is 20.0 Å². The Hall–Kier alpha value is -1.31. The molecular weight excluding hydrogens is 244 g/mol. The zero-order valence-corrected chi connectivity index (χ0v) is 11.4. The molecule has 0 radical (unpaired) electrons. The predicted molar refractivity (Wildman–Crippen MR) is 74.1 cm³/mol. The van der Waals surface area contributed by atoms with E-state index in [0.717, 1.165) is 10.4 Å². The molecule has 1 amide bonds. The largest absolute Gasteiger partial charge is 0.341 e. The van der Waals surface area contributed by atoms with Crippen molar-refractivity contribution in [2.45, 2.75) is 25.8 Å². The molecule has 1 heterocycles. The van der Waals surface area contributed by atoms with Crippen LogP contribution in [0.2, 0.25) is 0 Å². The van der Waals surface area contributed by atoms with Crippen molar-refractivity contribution in [3.05, 3.63) is 21.9 Å². The molecule has 1 aliphatic rings. The minimum atomic E-state index is 0.248. The molecule has 0 bridgehead atoms. The van der Waals surface area contributed by atoms with Gasteiger partial charge in [-0.25, -0.2) is 0 Å².